The summed E-state index contributed by atoms with van der Waals surface area (Å²) in [7, 11) is -3.67. The van der Waals surface area contributed by atoms with Gasteiger partial charge >= 0.3 is 0 Å². The third kappa shape index (κ3) is 6.33. The molecule has 0 amide bonds. The second-order valence-corrected chi connectivity index (χ2v) is 14.5. The Morgan fingerprint density at radius 2 is 1.51 bits per heavy atom. The number of hydrogen-bond donors (Lipinski definition) is 1. The highest BCUT2D eigenvalue weighted by atomic mass is 32.2. The van der Waals surface area contributed by atoms with Crippen molar-refractivity contribution in [2.75, 3.05) is 32.5 Å². The molecule has 2 saturated heterocycles. The van der Waals surface area contributed by atoms with E-state index in [-0.39, 0.29) is 0 Å². The summed E-state index contributed by atoms with van der Waals surface area (Å²) in [5, 5.41) is 0. The fraction of sp³-hybridized carbons (Fsp3) is 0.800. The Bertz CT molecular complexity index is 1040. The zero-order valence-electron chi connectivity index (χ0n) is 23.3. The molecule has 2 spiro atoms. The van der Waals surface area contributed by atoms with E-state index in [9.17, 15) is 8.42 Å². The molecule has 39 heavy (non-hydrogen) atoms. The molecule has 8 rings (SSSR count). The Morgan fingerprint density at radius 3 is 2.10 bits per heavy atom. The normalized spacial score (nSPS) is 39.6. The number of benzene rings is 1. The Hall–Kier alpha value is -1.23. The molecule has 1 N–H and O–H groups in total. The average molecular weight is 564 g/mol. The molecular weight excluding hydrogens is 518 g/mol. The molecule has 218 valence electrons. The van der Waals surface area contributed by atoms with Gasteiger partial charge in [-0.05, 0) is 106 Å². The summed E-state index contributed by atoms with van der Waals surface area (Å²) in [5.74, 6) is 3.51. The van der Waals surface area contributed by atoms with Gasteiger partial charge < -0.3 is 9.47 Å². The van der Waals surface area contributed by atoms with Crippen LogP contribution in [0.5, 0.6) is 5.75 Å². The minimum absolute atomic E-state index is 0.437. The maximum Gasteiger partial charge on any atom is 0.261 e. The molecule has 0 unspecified atom stereocenters. The van der Waals surface area contributed by atoms with Crippen molar-refractivity contribution in [2.24, 2.45) is 23.7 Å². The maximum absolute atomic E-state index is 9.19. The highest BCUT2D eigenvalue weighted by Gasteiger charge is 2.66. The van der Waals surface area contributed by atoms with Gasteiger partial charge in [0, 0.05) is 31.2 Å². The minimum atomic E-state index is -3.67. The van der Waals surface area contributed by atoms with E-state index < -0.39 is 21.7 Å². The number of nitrogens with zero attached hydrogens (tertiary/aromatic N) is 1. The molecular formula is C30H45NO7S. The second kappa shape index (κ2) is 11.2. The Labute approximate surface area is 233 Å². The van der Waals surface area contributed by atoms with Gasteiger partial charge in [-0.2, -0.15) is 18.2 Å². The summed E-state index contributed by atoms with van der Waals surface area (Å²) in [5.41, 5.74) is 1.42. The zero-order chi connectivity index (χ0) is 27.1. The smallest absolute Gasteiger partial charge is 0.261 e. The van der Waals surface area contributed by atoms with E-state index in [4.69, 9.17) is 23.8 Å². The molecule has 1 aromatic carbocycles. The van der Waals surface area contributed by atoms with E-state index in [1.54, 1.807) is 0 Å². The molecule has 8 nitrogen and oxygen atoms in total. The van der Waals surface area contributed by atoms with E-state index in [1.807, 2.05) is 0 Å². The Balaban J connectivity index is 0.000000510. The van der Waals surface area contributed by atoms with Crippen LogP contribution in [0.25, 0.3) is 0 Å². The molecule has 5 saturated carbocycles. The predicted octanol–water partition coefficient (Wildman–Crippen LogP) is 5.54. The van der Waals surface area contributed by atoms with Gasteiger partial charge in [-0.15, -0.1) is 0 Å². The fourth-order valence-corrected chi connectivity index (χ4v) is 8.50. The third-order valence-electron chi connectivity index (χ3n) is 10.2. The van der Waals surface area contributed by atoms with Crippen LogP contribution in [0, 0.1) is 23.7 Å². The van der Waals surface area contributed by atoms with Crippen molar-refractivity contribution in [1.82, 2.24) is 4.90 Å². The van der Waals surface area contributed by atoms with Crippen LogP contribution < -0.4 is 4.74 Å². The Morgan fingerprint density at radius 1 is 0.923 bits per heavy atom. The first-order valence-corrected chi connectivity index (χ1v) is 17.0. The standard InChI is InChI=1S/C29H41NO4.CH4O3S/c1-2-12-30(13-3-1)14-15-31-27-6-4-23(5-7-27)24-8-10-28(11-9-24)32-29(34-33-28)25-17-21-16-22(19-25)20-26(29)18-21;1-5(2,3)4/h4-7,21-22,24-26H,1-3,8-20H2;1H3,(H,2,3,4). The lowest BCUT2D eigenvalue weighted by molar-refractivity contribution is -0.390. The van der Waals surface area contributed by atoms with Crippen molar-refractivity contribution in [3.8, 4) is 5.75 Å². The van der Waals surface area contributed by atoms with Crippen LogP contribution in [0.3, 0.4) is 0 Å². The molecule has 9 heteroatoms. The third-order valence-corrected chi connectivity index (χ3v) is 10.2. The number of ether oxygens (including phenoxy) is 2. The zero-order valence-corrected chi connectivity index (χ0v) is 24.1. The average Bonchev–Trinajstić information content (AvgIpc) is 3.27. The fourth-order valence-electron chi connectivity index (χ4n) is 8.50. The second-order valence-electron chi connectivity index (χ2n) is 13.0. The van der Waals surface area contributed by atoms with Crippen molar-refractivity contribution in [3.63, 3.8) is 0 Å². The van der Waals surface area contributed by atoms with Gasteiger partial charge in [-0.25, -0.2) is 0 Å². The number of rotatable bonds is 5. The van der Waals surface area contributed by atoms with Gasteiger partial charge in [0.15, 0.2) is 0 Å². The number of likely N-dealkylation sites (tertiary alicyclic amines) is 1. The molecule has 0 aromatic heterocycles. The van der Waals surface area contributed by atoms with Crippen molar-refractivity contribution in [3.05, 3.63) is 29.8 Å². The van der Waals surface area contributed by atoms with Crippen LogP contribution in [-0.4, -0.2) is 61.9 Å². The summed E-state index contributed by atoms with van der Waals surface area (Å²) in [6, 6.07) is 8.85. The molecule has 7 fully saturated rings. The van der Waals surface area contributed by atoms with E-state index in [0.29, 0.717) is 24.0 Å². The largest absolute Gasteiger partial charge is 0.492 e. The molecule has 7 aliphatic rings. The van der Waals surface area contributed by atoms with Crippen LogP contribution in [-0.2, 0) is 24.6 Å². The lowest BCUT2D eigenvalue weighted by atomic mass is 9.53. The summed E-state index contributed by atoms with van der Waals surface area (Å²) < 4.78 is 38.8. The SMILES string of the molecule is CS(=O)(=O)O.c1cc(C2CCC3(CC2)OOC2(O3)C3CC4CC(C3)CC2C4)ccc1OCCN1CCCCC1. The summed E-state index contributed by atoms with van der Waals surface area (Å²) >= 11 is 0. The predicted molar refractivity (Wildman–Crippen MR) is 147 cm³/mol. The van der Waals surface area contributed by atoms with Gasteiger partial charge in [-0.3, -0.25) is 9.45 Å². The highest BCUT2D eigenvalue weighted by molar-refractivity contribution is 7.85. The Kier molecular flexibility index (Phi) is 8.03. The molecule has 0 atom stereocenters. The molecule has 4 bridgehead atoms. The van der Waals surface area contributed by atoms with E-state index in [2.05, 4.69) is 29.2 Å². The van der Waals surface area contributed by atoms with Crippen LogP contribution in [0.15, 0.2) is 24.3 Å². The monoisotopic (exact) mass is 563 g/mol. The van der Waals surface area contributed by atoms with E-state index >= 15 is 0 Å². The van der Waals surface area contributed by atoms with Crippen molar-refractivity contribution in [1.29, 1.82) is 0 Å². The molecule has 2 aliphatic heterocycles. The van der Waals surface area contributed by atoms with Gasteiger partial charge in [0.1, 0.15) is 12.4 Å². The molecule has 2 heterocycles. The molecule has 0 radical (unpaired) electrons. The van der Waals surface area contributed by atoms with Crippen LogP contribution >= 0.6 is 0 Å². The first kappa shape index (κ1) is 27.9. The van der Waals surface area contributed by atoms with E-state index in [1.165, 1.54) is 70.0 Å². The van der Waals surface area contributed by atoms with Crippen LogP contribution in [0.4, 0.5) is 0 Å². The number of piperidine rings is 1. The van der Waals surface area contributed by atoms with Crippen LogP contribution in [0.1, 0.15) is 88.5 Å². The summed E-state index contributed by atoms with van der Waals surface area (Å²) in [6.45, 7) is 4.28. The van der Waals surface area contributed by atoms with Gasteiger partial charge in [0.25, 0.3) is 10.1 Å². The van der Waals surface area contributed by atoms with Crippen molar-refractivity contribution < 1.29 is 32.2 Å². The minimum Gasteiger partial charge on any atom is -0.492 e. The van der Waals surface area contributed by atoms with Gasteiger partial charge in [0.2, 0.25) is 11.6 Å². The first-order chi connectivity index (χ1) is 18.7. The van der Waals surface area contributed by atoms with Crippen molar-refractivity contribution >= 4 is 10.1 Å². The lowest BCUT2D eigenvalue weighted by Crippen LogP contribution is -2.59. The first-order valence-electron chi connectivity index (χ1n) is 15.1. The van der Waals surface area contributed by atoms with Gasteiger partial charge in [0.05, 0.1) is 6.26 Å². The van der Waals surface area contributed by atoms with E-state index in [0.717, 1.165) is 56.4 Å². The maximum atomic E-state index is 9.19. The van der Waals surface area contributed by atoms with Crippen molar-refractivity contribution in [2.45, 2.75) is 94.5 Å². The summed E-state index contributed by atoms with van der Waals surface area (Å²) in [6.07, 6.45) is 15.4. The van der Waals surface area contributed by atoms with Crippen LogP contribution in [0.2, 0.25) is 0 Å². The summed E-state index contributed by atoms with van der Waals surface area (Å²) in [4.78, 5) is 14.8. The highest BCUT2D eigenvalue weighted by Crippen LogP contribution is 2.64. The topological polar surface area (TPSA) is 94.5 Å². The quantitative estimate of drug-likeness (QED) is 0.369. The van der Waals surface area contributed by atoms with Gasteiger partial charge in [-0.1, -0.05) is 18.6 Å². The molecule has 1 aromatic rings. The number of hydrogen-bond acceptors (Lipinski definition) is 7. The lowest BCUT2D eigenvalue weighted by Gasteiger charge is -2.57. The molecule has 5 aliphatic carbocycles.